The van der Waals surface area contributed by atoms with E-state index in [1.807, 2.05) is 0 Å². The second-order valence-corrected chi connectivity index (χ2v) is 14.9. The van der Waals surface area contributed by atoms with Crippen molar-refractivity contribution >= 4 is 35.6 Å². The highest BCUT2D eigenvalue weighted by atomic mass is 16.5. The minimum Gasteiger partial charge on any atom is -0.494 e. The van der Waals surface area contributed by atoms with E-state index >= 15 is 0 Å². The van der Waals surface area contributed by atoms with Crippen LogP contribution >= 0.6 is 0 Å². The van der Waals surface area contributed by atoms with Crippen molar-refractivity contribution in [1.82, 2.24) is 0 Å². The summed E-state index contributed by atoms with van der Waals surface area (Å²) >= 11 is 0. The number of Topliss-reactive ketones (excluding diaryl/α,β-unsaturated/α-hetero) is 1. The van der Waals surface area contributed by atoms with Gasteiger partial charge in [-0.25, -0.2) is 24.0 Å². The van der Waals surface area contributed by atoms with Crippen LogP contribution in [0.3, 0.4) is 0 Å². The molecule has 0 unspecified atom stereocenters. The number of carbonyl (C=O) groups is 6. The molecule has 0 aliphatic rings. The van der Waals surface area contributed by atoms with Crippen LogP contribution in [0.25, 0.3) is 0 Å². The van der Waals surface area contributed by atoms with Crippen LogP contribution in [0.4, 0.5) is 0 Å². The van der Waals surface area contributed by atoms with Gasteiger partial charge in [-0.1, -0.05) is 57.4 Å². The molecule has 0 bridgehead atoms. The smallest absolute Gasteiger partial charge is 0.343 e. The molecule has 13 nitrogen and oxygen atoms in total. The van der Waals surface area contributed by atoms with Crippen LogP contribution in [0.5, 0.6) is 17.2 Å². The fraction of sp³-hybridized carbons (Fsp3) is 0.346. The Kier molecular flexibility index (Phi) is 22.9. The molecule has 0 aliphatic heterocycles. The molecule has 0 atom stereocenters. The maximum absolute atomic E-state index is 12.8. The van der Waals surface area contributed by atoms with E-state index in [0.717, 1.165) is 62.7 Å². The number of rotatable bonds is 31. The van der Waals surface area contributed by atoms with E-state index in [0.29, 0.717) is 105 Å². The van der Waals surface area contributed by atoms with E-state index in [4.69, 9.17) is 33.2 Å². The number of unbranched alkanes of at least 4 members (excludes halogenated alkanes) is 8. The van der Waals surface area contributed by atoms with E-state index in [1.165, 1.54) is 0 Å². The molecule has 0 saturated heterocycles. The summed E-state index contributed by atoms with van der Waals surface area (Å²) in [4.78, 5) is 72.6. The minimum absolute atomic E-state index is 0.0504. The van der Waals surface area contributed by atoms with Gasteiger partial charge in [0.1, 0.15) is 17.2 Å². The Morgan fingerprint density at radius 3 is 1.15 bits per heavy atom. The maximum atomic E-state index is 12.8. The summed E-state index contributed by atoms with van der Waals surface area (Å²) in [6.07, 6.45) is 11.6. The van der Waals surface area contributed by atoms with E-state index in [9.17, 15) is 28.8 Å². The Morgan fingerprint density at radius 1 is 0.369 bits per heavy atom. The molecule has 0 aliphatic carbocycles. The minimum atomic E-state index is -0.547. The van der Waals surface area contributed by atoms with Gasteiger partial charge in [0.25, 0.3) is 0 Å². The third-order valence-electron chi connectivity index (χ3n) is 9.81. The predicted octanol–water partition coefficient (Wildman–Crippen LogP) is 9.85. The topological polar surface area (TPSA) is 167 Å². The molecule has 0 aromatic heterocycles. The lowest BCUT2D eigenvalue weighted by atomic mass is 10.0. The zero-order valence-corrected chi connectivity index (χ0v) is 36.8. The van der Waals surface area contributed by atoms with E-state index in [-0.39, 0.29) is 12.2 Å². The molecule has 0 fully saturated rings. The van der Waals surface area contributed by atoms with Crippen LogP contribution in [0.15, 0.2) is 122 Å². The van der Waals surface area contributed by atoms with Gasteiger partial charge in [-0.15, -0.1) is 0 Å². The Bertz CT molecular complexity index is 1970. The summed E-state index contributed by atoms with van der Waals surface area (Å²) in [7, 11) is 0. The summed E-state index contributed by atoms with van der Waals surface area (Å²) in [6, 6.07) is 26.6. The molecule has 0 N–H and O–H groups in total. The molecule has 0 saturated carbocycles. The lowest BCUT2D eigenvalue weighted by Gasteiger charge is -2.08. The lowest BCUT2D eigenvalue weighted by Crippen LogP contribution is -2.09. The second-order valence-electron chi connectivity index (χ2n) is 14.9. The third-order valence-corrected chi connectivity index (χ3v) is 9.81. The highest BCUT2D eigenvalue weighted by Crippen LogP contribution is 2.19. The Balaban J connectivity index is 0.985. The van der Waals surface area contributed by atoms with Crippen LogP contribution in [0.2, 0.25) is 0 Å². The average Bonchev–Trinajstić information content (AvgIpc) is 3.33. The number of esters is 5. The van der Waals surface area contributed by atoms with E-state index in [1.54, 1.807) is 97.1 Å². The van der Waals surface area contributed by atoms with Gasteiger partial charge < -0.3 is 33.2 Å². The monoisotopic (exact) mass is 890 g/mol. The van der Waals surface area contributed by atoms with Gasteiger partial charge in [-0.05, 0) is 129 Å². The molecule has 13 heteroatoms. The van der Waals surface area contributed by atoms with Crippen molar-refractivity contribution in [2.24, 2.45) is 0 Å². The van der Waals surface area contributed by atoms with Crippen molar-refractivity contribution in [1.29, 1.82) is 0 Å². The number of ketones is 1. The second kappa shape index (κ2) is 29.4. The Labute approximate surface area is 380 Å². The highest BCUT2D eigenvalue weighted by molar-refractivity contribution is 5.98. The number of benzene rings is 4. The first-order chi connectivity index (χ1) is 31.6. The van der Waals surface area contributed by atoms with Crippen molar-refractivity contribution in [3.05, 3.63) is 150 Å². The number of carbonyl (C=O) groups excluding carboxylic acids is 6. The fourth-order valence-corrected chi connectivity index (χ4v) is 6.13. The molecule has 0 amide bonds. The quantitative estimate of drug-likeness (QED) is 0.0117. The zero-order chi connectivity index (χ0) is 46.5. The van der Waals surface area contributed by atoms with Gasteiger partial charge in [0.15, 0.2) is 5.78 Å². The molecule has 4 rings (SSSR count). The van der Waals surface area contributed by atoms with E-state index < -0.39 is 29.8 Å². The first-order valence-corrected chi connectivity index (χ1v) is 22.0. The molecular formula is C52H58O13. The van der Waals surface area contributed by atoms with Crippen LogP contribution in [0, 0.1) is 0 Å². The standard InChI is InChI=1S/C52H58O13/c1-3-48(54)61-34-14-12-32-59-44-26-20-40(21-27-44)47(53)38-39-16-18-41(19-17-39)50(56)63-36-10-8-6-5-7-9-11-37-64-51(57)42-24-30-46(31-25-42)65-52(58)43-22-28-45(29-23-43)60-33-13-15-35-62-49(55)4-2/h3-4,16-31H,1-2,5-15,32-38H2. The predicted molar refractivity (Wildman–Crippen MR) is 243 cm³/mol. The number of hydrogen-bond acceptors (Lipinski definition) is 13. The maximum Gasteiger partial charge on any atom is 0.343 e. The molecule has 65 heavy (non-hydrogen) atoms. The molecule has 0 heterocycles. The average molecular weight is 891 g/mol. The summed E-state index contributed by atoms with van der Waals surface area (Å²) in [6.45, 7) is 8.84. The first kappa shape index (κ1) is 50.6. The summed E-state index contributed by atoms with van der Waals surface area (Å²) < 4.78 is 37.5. The molecular weight excluding hydrogens is 833 g/mol. The Morgan fingerprint density at radius 2 is 0.708 bits per heavy atom. The van der Waals surface area contributed by atoms with Crippen LogP contribution in [0.1, 0.15) is 118 Å². The van der Waals surface area contributed by atoms with Gasteiger partial charge in [-0.3, -0.25) is 4.79 Å². The molecule has 0 spiro atoms. The third kappa shape index (κ3) is 19.9. The number of hydrogen-bond donors (Lipinski definition) is 0. The van der Waals surface area contributed by atoms with Gasteiger partial charge in [0.05, 0.1) is 56.3 Å². The SMILES string of the molecule is C=CC(=O)OCCCCOc1ccc(C(=O)Cc2ccc(C(=O)OCCCCCCCCCOC(=O)c3ccc(OC(=O)c4ccc(OCCCCOC(=O)C=C)cc4)cc3)cc2)cc1. The lowest BCUT2D eigenvalue weighted by molar-refractivity contribution is -0.138. The Hall–Kier alpha value is -7.02. The van der Waals surface area contributed by atoms with Gasteiger partial charge in [0, 0.05) is 24.1 Å². The van der Waals surface area contributed by atoms with Gasteiger partial charge in [0.2, 0.25) is 0 Å². The molecule has 344 valence electrons. The molecule has 4 aromatic carbocycles. The van der Waals surface area contributed by atoms with Crippen LogP contribution in [-0.4, -0.2) is 75.3 Å². The van der Waals surface area contributed by atoms with Crippen molar-refractivity contribution < 1.29 is 61.9 Å². The highest BCUT2D eigenvalue weighted by Gasteiger charge is 2.13. The molecule has 0 radical (unpaired) electrons. The summed E-state index contributed by atoms with van der Waals surface area (Å²) in [5.74, 6) is -0.794. The summed E-state index contributed by atoms with van der Waals surface area (Å²) in [5.41, 5.74) is 2.48. The first-order valence-electron chi connectivity index (χ1n) is 22.0. The fourth-order valence-electron chi connectivity index (χ4n) is 6.13. The van der Waals surface area contributed by atoms with Crippen LogP contribution < -0.4 is 14.2 Å². The largest absolute Gasteiger partial charge is 0.494 e. The van der Waals surface area contributed by atoms with Crippen molar-refractivity contribution in [2.45, 2.75) is 77.0 Å². The van der Waals surface area contributed by atoms with Crippen LogP contribution in [-0.2, 0) is 35.0 Å². The normalized spacial score (nSPS) is 10.5. The van der Waals surface area contributed by atoms with E-state index in [2.05, 4.69) is 13.2 Å². The van der Waals surface area contributed by atoms with Gasteiger partial charge in [-0.2, -0.15) is 0 Å². The number of ether oxygens (including phenoxy) is 7. The van der Waals surface area contributed by atoms with Gasteiger partial charge >= 0.3 is 29.8 Å². The summed E-state index contributed by atoms with van der Waals surface area (Å²) in [5, 5.41) is 0. The zero-order valence-electron chi connectivity index (χ0n) is 36.8. The van der Waals surface area contributed by atoms with Crippen molar-refractivity contribution in [3.8, 4) is 17.2 Å². The van der Waals surface area contributed by atoms with Crippen molar-refractivity contribution in [3.63, 3.8) is 0 Å². The molecule has 4 aromatic rings. The van der Waals surface area contributed by atoms with Crippen molar-refractivity contribution in [2.75, 3.05) is 39.6 Å².